The number of hydrogen-bond donors (Lipinski definition) is 1. The van der Waals surface area contributed by atoms with E-state index >= 15 is 0 Å². The predicted octanol–water partition coefficient (Wildman–Crippen LogP) is 7.07. The molecule has 1 unspecified atom stereocenters. The van der Waals surface area contributed by atoms with E-state index < -0.39 is 17.4 Å². The summed E-state index contributed by atoms with van der Waals surface area (Å²) >= 11 is 31.2. The zero-order valence-electron chi connectivity index (χ0n) is 15.5. The molecular formula is C22H13Cl5O4. The molecule has 3 aromatic carbocycles. The van der Waals surface area contributed by atoms with Crippen LogP contribution in [0.15, 0.2) is 60.7 Å². The molecule has 0 heterocycles. The maximum Gasteiger partial charge on any atom is 0.333 e. The van der Waals surface area contributed by atoms with Gasteiger partial charge >= 0.3 is 11.9 Å². The second-order valence-corrected chi connectivity index (χ2v) is 8.32. The highest BCUT2D eigenvalue weighted by atomic mass is 35.5. The molecule has 0 saturated heterocycles. The quantitative estimate of drug-likeness (QED) is 0.164. The number of esters is 1. The van der Waals surface area contributed by atoms with Crippen LogP contribution >= 0.6 is 58.0 Å². The minimum atomic E-state index is -2.46. The number of rotatable bonds is 6. The Kier molecular flexibility index (Phi) is 7.40. The van der Waals surface area contributed by atoms with E-state index in [0.29, 0.717) is 5.56 Å². The van der Waals surface area contributed by atoms with Crippen molar-refractivity contribution in [2.45, 2.75) is 12.0 Å². The van der Waals surface area contributed by atoms with E-state index in [1.807, 2.05) is 0 Å². The molecule has 0 spiro atoms. The maximum atomic E-state index is 13.5. The van der Waals surface area contributed by atoms with Gasteiger partial charge in [-0.2, -0.15) is 0 Å². The average molecular weight is 519 g/mol. The van der Waals surface area contributed by atoms with E-state index in [1.165, 1.54) is 12.1 Å². The molecule has 0 aliphatic heterocycles. The van der Waals surface area contributed by atoms with Crippen LogP contribution in [0.1, 0.15) is 16.7 Å². The second kappa shape index (κ2) is 9.68. The molecule has 0 aliphatic rings. The molecule has 0 aromatic heterocycles. The van der Waals surface area contributed by atoms with Gasteiger partial charge in [-0.25, -0.2) is 0 Å². The van der Waals surface area contributed by atoms with Gasteiger partial charge in [-0.15, -0.1) is 0 Å². The van der Waals surface area contributed by atoms with Crippen LogP contribution in [0, 0.1) is 0 Å². The first-order valence-corrected chi connectivity index (χ1v) is 10.6. The topological polar surface area (TPSA) is 63.6 Å². The lowest BCUT2D eigenvalue weighted by Crippen LogP contribution is -2.46. The Morgan fingerprint density at radius 3 is 1.68 bits per heavy atom. The monoisotopic (exact) mass is 516 g/mol. The van der Waals surface area contributed by atoms with Crippen LogP contribution in [0.3, 0.4) is 0 Å². The van der Waals surface area contributed by atoms with Crippen LogP contribution in [-0.2, 0) is 26.3 Å². The van der Waals surface area contributed by atoms with Crippen molar-refractivity contribution in [3.8, 4) is 0 Å². The molecule has 0 saturated carbocycles. The maximum absolute atomic E-state index is 13.5. The number of carboxylic acids is 1. The Bertz CT molecular complexity index is 1110. The Morgan fingerprint density at radius 1 is 0.742 bits per heavy atom. The number of carbonyl (C=O) groups is 2. The van der Waals surface area contributed by atoms with Crippen LogP contribution < -0.4 is 0 Å². The van der Waals surface area contributed by atoms with E-state index in [-0.39, 0.29) is 42.8 Å². The fraction of sp³-hybridized carbons (Fsp3) is 0.0909. The lowest BCUT2D eigenvalue weighted by atomic mass is 9.74. The third-order valence-electron chi connectivity index (χ3n) is 4.63. The highest BCUT2D eigenvalue weighted by molar-refractivity contribution is 6.55. The van der Waals surface area contributed by atoms with Gasteiger partial charge in [-0.05, 0) is 11.1 Å². The number of carboxylic acid groups (broad SMARTS) is 1. The lowest BCUT2D eigenvalue weighted by molar-refractivity contribution is -0.160. The van der Waals surface area contributed by atoms with E-state index in [9.17, 15) is 14.7 Å². The molecule has 0 aliphatic carbocycles. The largest absolute Gasteiger partial charge is 0.480 e. The Hall–Kier alpha value is -1.95. The summed E-state index contributed by atoms with van der Waals surface area (Å²) in [7, 11) is 0. The van der Waals surface area contributed by atoms with Crippen molar-refractivity contribution in [2.24, 2.45) is 0 Å². The zero-order valence-corrected chi connectivity index (χ0v) is 19.3. The van der Waals surface area contributed by atoms with E-state index in [4.69, 9.17) is 62.7 Å². The smallest absolute Gasteiger partial charge is 0.333 e. The van der Waals surface area contributed by atoms with Crippen molar-refractivity contribution in [3.63, 3.8) is 0 Å². The third-order valence-corrected chi connectivity index (χ3v) is 6.91. The van der Waals surface area contributed by atoms with Crippen molar-refractivity contribution in [1.29, 1.82) is 0 Å². The number of benzene rings is 3. The van der Waals surface area contributed by atoms with Crippen molar-refractivity contribution in [1.82, 2.24) is 0 Å². The summed E-state index contributed by atoms with van der Waals surface area (Å²) in [4.78, 5) is 26.2. The van der Waals surface area contributed by atoms with E-state index in [0.717, 1.165) is 0 Å². The number of hydrogen-bond acceptors (Lipinski definition) is 3. The van der Waals surface area contributed by atoms with Gasteiger partial charge in [0.25, 0.3) is 0 Å². The molecule has 3 aromatic rings. The number of carbonyl (C=O) groups excluding carboxylic acids is 1. The van der Waals surface area contributed by atoms with Crippen LogP contribution in [0.5, 0.6) is 0 Å². The summed E-state index contributed by atoms with van der Waals surface area (Å²) < 4.78 is 5.43. The Labute approximate surface area is 203 Å². The van der Waals surface area contributed by atoms with E-state index in [2.05, 4.69) is 0 Å². The first-order chi connectivity index (χ1) is 14.7. The number of halogens is 5. The normalized spacial score (nSPS) is 12.8. The Balaban J connectivity index is 2.28. The summed E-state index contributed by atoms with van der Waals surface area (Å²) in [5.41, 5.74) is -2.07. The van der Waals surface area contributed by atoms with Crippen LogP contribution in [0.4, 0.5) is 0 Å². The molecule has 0 radical (unpaired) electrons. The summed E-state index contributed by atoms with van der Waals surface area (Å²) in [5.74, 6) is -2.69. The van der Waals surface area contributed by atoms with Gasteiger partial charge in [-0.1, -0.05) is 119 Å². The molecule has 1 atom stereocenters. The molecule has 1 N–H and O–H groups in total. The van der Waals surface area contributed by atoms with Gasteiger partial charge in [0.05, 0.1) is 25.1 Å². The van der Waals surface area contributed by atoms with Gasteiger partial charge < -0.3 is 9.84 Å². The summed E-state index contributed by atoms with van der Waals surface area (Å²) in [6.07, 6.45) is 0. The van der Waals surface area contributed by atoms with Crippen LogP contribution in [-0.4, -0.2) is 17.0 Å². The molecule has 0 amide bonds. The zero-order chi connectivity index (χ0) is 22.8. The first kappa shape index (κ1) is 23.7. The Morgan fingerprint density at radius 2 is 1.19 bits per heavy atom. The minimum Gasteiger partial charge on any atom is -0.480 e. The minimum absolute atomic E-state index is 0.0545. The SMILES string of the molecule is O=C(O)C(C(=O)OCc1ccccc1)(c1ccccc1)c1c(Cl)c(Cl)c(Cl)c(Cl)c1Cl. The molecule has 0 fully saturated rings. The van der Waals surface area contributed by atoms with Crippen molar-refractivity contribution >= 4 is 69.9 Å². The second-order valence-electron chi connectivity index (χ2n) is 6.43. The van der Waals surface area contributed by atoms with Crippen LogP contribution in [0.2, 0.25) is 25.1 Å². The van der Waals surface area contributed by atoms with E-state index in [1.54, 1.807) is 48.5 Å². The third kappa shape index (κ3) is 4.23. The molecule has 9 heteroatoms. The lowest BCUT2D eigenvalue weighted by Gasteiger charge is -2.31. The van der Waals surface area contributed by atoms with Crippen molar-refractivity contribution < 1.29 is 19.4 Å². The number of ether oxygens (including phenoxy) is 1. The van der Waals surface area contributed by atoms with Gasteiger partial charge in [0.15, 0.2) is 0 Å². The van der Waals surface area contributed by atoms with Gasteiger partial charge in [0.1, 0.15) is 6.61 Å². The fourth-order valence-electron chi connectivity index (χ4n) is 3.14. The van der Waals surface area contributed by atoms with Gasteiger partial charge in [-0.3, -0.25) is 9.59 Å². The summed E-state index contributed by atoms with van der Waals surface area (Å²) in [6.45, 7) is -0.175. The van der Waals surface area contributed by atoms with Crippen LogP contribution in [0.25, 0.3) is 0 Å². The van der Waals surface area contributed by atoms with Gasteiger partial charge in [0.2, 0.25) is 5.41 Å². The average Bonchev–Trinajstić information content (AvgIpc) is 2.78. The highest BCUT2D eigenvalue weighted by Crippen LogP contribution is 2.50. The standard InChI is InChI=1S/C22H13Cl5O4/c23-15-14(16(24)18(26)19(27)17(15)25)22(20(28)29,13-9-5-2-6-10-13)21(30)31-11-12-7-3-1-4-8-12/h1-10H,11H2,(H,28,29). The molecule has 0 bridgehead atoms. The molecule has 4 nitrogen and oxygen atoms in total. The fourth-order valence-corrected chi connectivity index (χ4v) is 4.56. The summed E-state index contributed by atoms with van der Waals surface area (Å²) in [5, 5.41) is 9.11. The highest BCUT2D eigenvalue weighted by Gasteiger charge is 2.54. The predicted molar refractivity (Wildman–Crippen MR) is 123 cm³/mol. The molecule has 160 valence electrons. The molecular weight excluding hydrogens is 506 g/mol. The summed E-state index contributed by atoms with van der Waals surface area (Å²) in [6, 6.07) is 16.5. The molecule has 3 rings (SSSR count). The molecule has 31 heavy (non-hydrogen) atoms. The first-order valence-electron chi connectivity index (χ1n) is 8.74. The van der Waals surface area contributed by atoms with Crippen molar-refractivity contribution in [3.05, 3.63) is 102 Å². The van der Waals surface area contributed by atoms with Gasteiger partial charge in [0, 0.05) is 5.56 Å². The van der Waals surface area contributed by atoms with Crippen molar-refractivity contribution in [2.75, 3.05) is 0 Å². The number of aliphatic carboxylic acids is 1.